The van der Waals surface area contributed by atoms with Gasteiger partial charge < -0.3 is 10.5 Å². The molecule has 0 spiro atoms. The molecule has 0 fully saturated rings. The molecule has 2 heteroatoms. The van der Waals surface area contributed by atoms with Gasteiger partial charge in [0.25, 0.3) is 0 Å². The summed E-state index contributed by atoms with van der Waals surface area (Å²) in [6.45, 7) is 4.22. The second-order valence-corrected chi connectivity index (χ2v) is 4.42. The third kappa shape index (κ3) is 1.63. The van der Waals surface area contributed by atoms with Crippen molar-refractivity contribution in [2.75, 3.05) is 7.11 Å². The SMILES string of the molecule is COc1c(C)cc2c(c1C)[C@@H](N)CCC2. The van der Waals surface area contributed by atoms with E-state index in [2.05, 4.69) is 19.9 Å². The van der Waals surface area contributed by atoms with Crippen molar-refractivity contribution in [3.63, 3.8) is 0 Å². The zero-order chi connectivity index (χ0) is 11.0. The van der Waals surface area contributed by atoms with E-state index in [0.29, 0.717) is 0 Å². The van der Waals surface area contributed by atoms with Crippen LogP contribution in [-0.2, 0) is 6.42 Å². The lowest BCUT2D eigenvalue weighted by Gasteiger charge is -2.26. The van der Waals surface area contributed by atoms with Crippen molar-refractivity contribution in [3.8, 4) is 5.75 Å². The number of fused-ring (bicyclic) bond motifs is 1. The van der Waals surface area contributed by atoms with Gasteiger partial charge >= 0.3 is 0 Å². The summed E-state index contributed by atoms with van der Waals surface area (Å²) in [5.74, 6) is 1.01. The fourth-order valence-electron chi connectivity index (χ4n) is 2.76. The van der Waals surface area contributed by atoms with E-state index < -0.39 is 0 Å². The van der Waals surface area contributed by atoms with Crippen LogP contribution in [0.3, 0.4) is 0 Å². The first-order valence-electron chi connectivity index (χ1n) is 5.57. The van der Waals surface area contributed by atoms with E-state index in [9.17, 15) is 0 Å². The highest BCUT2D eigenvalue weighted by atomic mass is 16.5. The van der Waals surface area contributed by atoms with Crippen molar-refractivity contribution in [3.05, 3.63) is 28.3 Å². The molecule has 1 aliphatic rings. The molecule has 0 saturated carbocycles. The second kappa shape index (κ2) is 3.86. The van der Waals surface area contributed by atoms with Gasteiger partial charge in [0.1, 0.15) is 5.75 Å². The molecule has 0 bridgehead atoms. The summed E-state index contributed by atoms with van der Waals surface area (Å²) in [6, 6.07) is 2.43. The highest BCUT2D eigenvalue weighted by Crippen LogP contribution is 2.37. The van der Waals surface area contributed by atoms with E-state index in [4.69, 9.17) is 10.5 Å². The molecule has 0 unspecified atom stereocenters. The topological polar surface area (TPSA) is 35.2 Å². The Morgan fingerprint density at radius 1 is 1.40 bits per heavy atom. The number of rotatable bonds is 1. The molecule has 82 valence electrons. The van der Waals surface area contributed by atoms with Gasteiger partial charge in [-0.1, -0.05) is 6.07 Å². The molecule has 1 atom stereocenters. The van der Waals surface area contributed by atoms with Crippen LogP contribution < -0.4 is 10.5 Å². The van der Waals surface area contributed by atoms with Crippen LogP contribution in [0.5, 0.6) is 5.75 Å². The van der Waals surface area contributed by atoms with Crippen LogP contribution in [0.2, 0.25) is 0 Å². The van der Waals surface area contributed by atoms with E-state index in [1.54, 1.807) is 7.11 Å². The fourth-order valence-corrected chi connectivity index (χ4v) is 2.76. The van der Waals surface area contributed by atoms with Crippen LogP contribution >= 0.6 is 0 Å². The number of benzene rings is 1. The van der Waals surface area contributed by atoms with Gasteiger partial charge in [0.05, 0.1) is 7.11 Å². The van der Waals surface area contributed by atoms with Crippen molar-refractivity contribution < 1.29 is 4.74 Å². The summed E-state index contributed by atoms with van der Waals surface area (Å²) in [5.41, 5.74) is 11.4. The summed E-state index contributed by atoms with van der Waals surface area (Å²) < 4.78 is 5.43. The van der Waals surface area contributed by atoms with Crippen LogP contribution in [0.1, 0.15) is 41.1 Å². The van der Waals surface area contributed by atoms with E-state index in [0.717, 1.165) is 18.6 Å². The molecule has 1 aromatic carbocycles. The molecule has 0 amide bonds. The van der Waals surface area contributed by atoms with Gasteiger partial charge in [0.15, 0.2) is 0 Å². The molecule has 0 aromatic heterocycles. The van der Waals surface area contributed by atoms with Crippen LogP contribution in [0.25, 0.3) is 0 Å². The minimum Gasteiger partial charge on any atom is -0.496 e. The zero-order valence-corrected chi connectivity index (χ0v) is 9.76. The maximum absolute atomic E-state index is 6.17. The Balaban J connectivity index is 2.62. The second-order valence-electron chi connectivity index (χ2n) is 4.42. The Labute approximate surface area is 91.4 Å². The van der Waals surface area contributed by atoms with E-state index >= 15 is 0 Å². The summed E-state index contributed by atoms with van der Waals surface area (Å²) >= 11 is 0. The number of aryl methyl sites for hydroxylation is 2. The first-order valence-corrected chi connectivity index (χ1v) is 5.57. The molecule has 0 radical (unpaired) electrons. The van der Waals surface area contributed by atoms with Crippen LogP contribution in [-0.4, -0.2) is 7.11 Å². The van der Waals surface area contributed by atoms with E-state index in [1.165, 1.54) is 28.7 Å². The Kier molecular flexibility index (Phi) is 2.70. The molecule has 1 aromatic rings. The van der Waals surface area contributed by atoms with E-state index in [1.807, 2.05) is 0 Å². The van der Waals surface area contributed by atoms with Crippen molar-refractivity contribution >= 4 is 0 Å². The molecular weight excluding hydrogens is 186 g/mol. The Hall–Kier alpha value is -1.02. The van der Waals surface area contributed by atoms with Crippen molar-refractivity contribution in [2.24, 2.45) is 5.73 Å². The molecule has 1 aliphatic carbocycles. The number of nitrogens with two attached hydrogens (primary N) is 1. The first kappa shape index (κ1) is 10.5. The Morgan fingerprint density at radius 2 is 2.13 bits per heavy atom. The number of hydrogen-bond donors (Lipinski definition) is 1. The lowest BCUT2D eigenvalue weighted by Crippen LogP contribution is -2.19. The van der Waals surface area contributed by atoms with Gasteiger partial charge in [-0.15, -0.1) is 0 Å². The third-order valence-electron chi connectivity index (χ3n) is 3.38. The molecule has 0 aliphatic heterocycles. The minimum atomic E-state index is 0.197. The first-order chi connectivity index (χ1) is 7.15. The molecule has 2 nitrogen and oxygen atoms in total. The summed E-state index contributed by atoms with van der Waals surface area (Å²) in [6.07, 6.45) is 3.47. The third-order valence-corrected chi connectivity index (χ3v) is 3.38. The maximum Gasteiger partial charge on any atom is 0.125 e. The normalized spacial score (nSPS) is 19.9. The average molecular weight is 205 g/mol. The van der Waals surface area contributed by atoms with Crippen LogP contribution in [0, 0.1) is 13.8 Å². The molecule has 15 heavy (non-hydrogen) atoms. The molecule has 0 heterocycles. The maximum atomic E-state index is 6.17. The molecule has 2 rings (SSSR count). The standard InChI is InChI=1S/C13H19NO/c1-8-7-10-5-4-6-11(14)12(10)9(2)13(8)15-3/h7,11H,4-6,14H2,1-3H3/t11-/m0/s1. The number of ether oxygens (including phenoxy) is 1. The van der Waals surface area contributed by atoms with Gasteiger partial charge in [0.2, 0.25) is 0 Å². The number of methoxy groups -OCH3 is 1. The highest BCUT2D eigenvalue weighted by Gasteiger charge is 2.22. The minimum absolute atomic E-state index is 0.197. The average Bonchev–Trinajstić information content (AvgIpc) is 2.17. The largest absolute Gasteiger partial charge is 0.496 e. The predicted molar refractivity (Wildman–Crippen MR) is 62.3 cm³/mol. The van der Waals surface area contributed by atoms with Gasteiger partial charge in [-0.3, -0.25) is 0 Å². The van der Waals surface area contributed by atoms with Crippen LogP contribution in [0.4, 0.5) is 0 Å². The lowest BCUT2D eigenvalue weighted by molar-refractivity contribution is 0.405. The zero-order valence-electron chi connectivity index (χ0n) is 9.76. The highest BCUT2D eigenvalue weighted by molar-refractivity contribution is 5.51. The summed E-state index contributed by atoms with van der Waals surface area (Å²) in [5, 5.41) is 0. The van der Waals surface area contributed by atoms with Crippen molar-refractivity contribution in [1.82, 2.24) is 0 Å². The van der Waals surface area contributed by atoms with E-state index in [-0.39, 0.29) is 6.04 Å². The van der Waals surface area contributed by atoms with Crippen LogP contribution in [0.15, 0.2) is 6.07 Å². The predicted octanol–water partition coefficient (Wildman–Crippen LogP) is 2.65. The Bertz CT molecular complexity index is 385. The van der Waals surface area contributed by atoms with Crippen molar-refractivity contribution in [2.45, 2.75) is 39.2 Å². The lowest BCUT2D eigenvalue weighted by atomic mass is 9.84. The van der Waals surface area contributed by atoms with Gasteiger partial charge in [-0.05, 0) is 55.4 Å². The molecule has 0 saturated heterocycles. The number of hydrogen-bond acceptors (Lipinski definition) is 2. The van der Waals surface area contributed by atoms with Gasteiger partial charge in [-0.25, -0.2) is 0 Å². The fraction of sp³-hybridized carbons (Fsp3) is 0.538. The summed E-state index contributed by atoms with van der Waals surface area (Å²) in [4.78, 5) is 0. The quantitative estimate of drug-likeness (QED) is 0.765. The molecular formula is C13H19NO. The van der Waals surface area contributed by atoms with Gasteiger partial charge in [-0.2, -0.15) is 0 Å². The Morgan fingerprint density at radius 3 is 2.80 bits per heavy atom. The monoisotopic (exact) mass is 205 g/mol. The van der Waals surface area contributed by atoms with Crippen molar-refractivity contribution in [1.29, 1.82) is 0 Å². The smallest absolute Gasteiger partial charge is 0.125 e. The summed E-state index contributed by atoms with van der Waals surface area (Å²) in [7, 11) is 1.73. The molecule has 2 N–H and O–H groups in total. The van der Waals surface area contributed by atoms with Gasteiger partial charge in [0, 0.05) is 6.04 Å².